The molecule has 3 heterocycles. The molecule has 0 radical (unpaired) electrons. The molecule has 1 saturated heterocycles. The molecule has 0 spiro atoms. The number of carbonyl (C=O) groups is 2. The lowest BCUT2D eigenvalue weighted by Gasteiger charge is -2.43. The molecule has 1 fully saturated rings. The average molecular weight is 466 g/mol. The zero-order chi connectivity index (χ0) is 23.8. The van der Waals surface area contributed by atoms with Gasteiger partial charge in [-0.15, -0.1) is 13.2 Å². The summed E-state index contributed by atoms with van der Waals surface area (Å²) in [6.45, 7) is 0.264. The van der Waals surface area contributed by atoms with Gasteiger partial charge in [-0.05, 0) is 36.1 Å². The van der Waals surface area contributed by atoms with Crippen molar-refractivity contribution in [3.8, 4) is 16.9 Å². The van der Waals surface area contributed by atoms with Crippen molar-refractivity contribution < 1.29 is 37.3 Å². The Kier molecular flexibility index (Phi) is 6.15. The second kappa shape index (κ2) is 8.89. The van der Waals surface area contributed by atoms with Crippen LogP contribution in [0.3, 0.4) is 0 Å². The second-order valence-corrected chi connectivity index (χ2v) is 8.14. The summed E-state index contributed by atoms with van der Waals surface area (Å²) < 4.78 is 47.9. The highest BCUT2D eigenvalue weighted by molar-refractivity contribution is 5.78. The van der Waals surface area contributed by atoms with Crippen LogP contribution in [0, 0.1) is 5.92 Å². The van der Waals surface area contributed by atoms with E-state index in [-0.39, 0.29) is 35.7 Å². The molecule has 2 atom stereocenters. The van der Waals surface area contributed by atoms with Crippen LogP contribution in [0.1, 0.15) is 18.0 Å². The standard InChI is InChI=1S/C22H21F3N2O6/c23-22(24,25)33-16-3-1-14(2-4-16)17-5-6-18(28)27-9-13-7-15(21(17)27)10-26(8-13)19(29)11-32-12-20(30)31/h1-6,13,15H,7-12H2,(H,30,31). The SMILES string of the molecule is O=C(O)COCC(=O)N1CC2CC(C1)c1c(-c3ccc(OC(F)(F)F)cc3)ccc(=O)n1C2. The van der Waals surface area contributed by atoms with Gasteiger partial charge in [-0.1, -0.05) is 12.1 Å². The van der Waals surface area contributed by atoms with Crippen LogP contribution in [0.25, 0.3) is 11.1 Å². The number of pyridine rings is 1. The number of amides is 1. The summed E-state index contributed by atoms with van der Waals surface area (Å²) in [5.41, 5.74) is 1.88. The Morgan fingerprint density at radius 2 is 1.76 bits per heavy atom. The Bertz CT molecular complexity index is 1110. The lowest BCUT2D eigenvalue weighted by molar-refractivity contribution is -0.274. The summed E-state index contributed by atoms with van der Waals surface area (Å²) in [6.07, 6.45) is -4.03. The van der Waals surface area contributed by atoms with Crippen LogP contribution >= 0.6 is 0 Å². The van der Waals surface area contributed by atoms with E-state index in [2.05, 4.69) is 4.74 Å². The van der Waals surface area contributed by atoms with Crippen LogP contribution in [-0.2, 0) is 20.9 Å². The highest BCUT2D eigenvalue weighted by Gasteiger charge is 2.38. The van der Waals surface area contributed by atoms with Crippen LogP contribution in [-0.4, -0.2) is 59.1 Å². The highest BCUT2D eigenvalue weighted by atomic mass is 19.4. The maximum atomic E-state index is 12.6. The average Bonchev–Trinajstić information content (AvgIpc) is 2.73. The number of carbonyl (C=O) groups excluding carboxylic acids is 1. The van der Waals surface area contributed by atoms with E-state index in [4.69, 9.17) is 9.84 Å². The summed E-state index contributed by atoms with van der Waals surface area (Å²) in [5.74, 6) is -1.94. The fraction of sp³-hybridized carbons (Fsp3) is 0.409. The zero-order valence-corrected chi connectivity index (χ0v) is 17.4. The smallest absolute Gasteiger partial charge is 0.480 e. The molecule has 33 heavy (non-hydrogen) atoms. The van der Waals surface area contributed by atoms with Gasteiger partial charge in [0.1, 0.15) is 19.0 Å². The number of carboxylic acids is 1. The van der Waals surface area contributed by atoms with Crippen LogP contribution in [0.4, 0.5) is 13.2 Å². The fourth-order valence-electron chi connectivity index (χ4n) is 4.62. The number of aromatic nitrogens is 1. The fourth-order valence-corrected chi connectivity index (χ4v) is 4.62. The zero-order valence-electron chi connectivity index (χ0n) is 17.4. The number of halogens is 3. The minimum atomic E-state index is -4.79. The molecule has 8 nitrogen and oxygen atoms in total. The van der Waals surface area contributed by atoms with Crippen molar-refractivity contribution in [2.45, 2.75) is 25.2 Å². The minimum Gasteiger partial charge on any atom is -0.480 e. The summed E-state index contributed by atoms with van der Waals surface area (Å²) in [7, 11) is 0. The first-order valence-corrected chi connectivity index (χ1v) is 10.3. The topological polar surface area (TPSA) is 98.1 Å². The number of rotatable bonds is 6. The summed E-state index contributed by atoms with van der Waals surface area (Å²) in [5, 5.41) is 8.67. The Labute approximate surface area is 186 Å². The second-order valence-electron chi connectivity index (χ2n) is 8.14. The molecular weight excluding hydrogens is 445 g/mol. The molecule has 2 aromatic rings. The van der Waals surface area contributed by atoms with Crippen molar-refractivity contribution >= 4 is 11.9 Å². The molecule has 2 unspecified atom stereocenters. The lowest BCUT2D eigenvalue weighted by Crippen LogP contribution is -2.50. The lowest BCUT2D eigenvalue weighted by atomic mass is 9.80. The molecule has 1 N–H and O–H groups in total. The van der Waals surface area contributed by atoms with Gasteiger partial charge in [0.15, 0.2) is 0 Å². The Morgan fingerprint density at radius 3 is 2.42 bits per heavy atom. The first kappa shape index (κ1) is 22.8. The van der Waals surface area contributed by atoms with E-state index in [1.807, 2.05) is 0 Å². The molecule has 1 aromatic carbocycles. The van der Waals surface area contributed by atoms with Crippen LogP contribution in [0.2, 0.25) is 0 Å². The van der Waals surface area contributed by atoms with E-state index < -0.39 is 18.9 Å². The third-order valence-corrected chi connectivity index (χ3v) is 5.79. The van der Waals surface area contributed by atoms with Gasteiger partial charge in [0.2, 0.25) is 5.91 Å². The van der Waals surface area contributed by atoms with E-state index >= 15 is 0 Å². The Morgan fingerprint density at radius 1 is 1.03 bits per heavy atom. The number of hydrogen-bond donors (Lipinski definition) is 1. The number of hydrogen-bond acceptors (Lipinski definition) is 5. The van der Waals surface area contributed by atoms with Crippen molar-refractivity contribution in [3.05, 3.63) is 52.4 Å². The number of likely N-dealkylation sites (tertiary alicyclic amines) is 1. The normalized spacial score (nSPS) is 19.7. The number of piperidine rings is 1. The molecule has 0 aliphatic carbocycles. The third kappa shape index (κ3) is 5.19. The molecule has 0 saturated carbocycles. The molecule has 176 valence electrons. The molecule has 4 rings (SSSR count). The molecule has 1 amide bonds. The van der Waals surface area contributed by atoms with Crippen molar-refractivity contribution in [1.82, 2.24) is 9.47 Å². The summed E-state index contributed by atoms with van der Waals surface area (Å²) in [6, 6.07) is 8.51. The maximum Gasteiger partial charge on any atom is 0.573 e. The van der Waals surface area contributed by atoms with E-state index in [9.17, 15) is 27.6 Å². The maximum absolute atomic E-state index is 12.6. The molecule has 2 aliphatic rings. The van der Waals surface area contributed by atoms with Gasteiger partial charge >= 0.3 is 12.3 Å². The number of ether oxygens (including phenoxy) is 2. The van der Waals surface area contributed by atoms with Crippen LogP contribution in [0.15, 0.2) is 41.2 Å². The van der Waals surface area contributed by atoms with Gasteiger partial charge < -0.3 is 24.0 Å². The quantitative estimate of drug-likeness (QED) is 0.703. The van der Waals surface area contributed by atoms with Gasteiger partial charge in [0.25, 0.3) is 5.56 Å². The van der Waals surface area contributed by atoms with Gasteiger partial charge in [-0.2, -0.15) is 0 Å². The van der Waals surface area contributed by atoms with Crippen molar-refractivity contribution in [3.63, 3.8) is 0 Å². The van der Waals surface area contributed by atoms with Crippen LogP contribution < -0.4 is 10.3 Å². The number of alkyl halides is 3. The van der Waals surface area contributed by atoms with Crippen LogP contribution in [0.5, 0.6) is 5.75 Å². The van der Waals surface area contributed by atoms with E-state index in [1.54, 1.807) is 15.5 Å². The number of nitrogens with zero attached hydrogens (tertiary/aromatic N) is 2. The first-order chi connectivity index (χ1) is 15.6. The number of benzene rings is 1. The van der Waals surface area contributed by atoms with Gasteiger partial charge in [-0.3, -0.25) is 9.59 Å². The molecule has 11 heteroatoms. The van der Waals surface area contributed by atoms with E-state index in [1.165, 1.54) is 30.3 Å². The third-order valence-electron chi connectivity index (χ3n) is 5.79. The first-order valence-electron chi connectivity index (χ1n) is 10.3. The van der Waals surface area contributed by atoms with Crippen molar-refractivity contribution in [2.75, 3.05) is 26.3 Å². The Hall–Kier alpha value is -3.34. The molecule has 2 bridgehead atoms. The monoisotopic (exact) mass is 466 g/mol. The molecule has 2 aliphatic heterocycles. The number of fused-ring (bicyclic) bond motifs is 4. The number of aliphatic carboxylic acids is 1. The van der Waals surface area contributed by atoms with E-state index in [0.717, 1.165) is 12.1 Å². The van der Waals surface area contributed by atoms with Crippen molar-refractivity contribution in [2.24, 2.45) is 5.92 Å². The van der Waals surface area contributed by atoms with Crippen molar-refractivity contribution in [1.29, 1.82) is 0 Å². The summed E-state index contributed by atoms with van der Waals surface area (Å²) >= 11 is 0. The van der Waals surface area contributed by atoms with E-state index in [0.29, 0.717) is 30.8 Å². The number of carboxylic acid groups (broad SMARTS) is 1. The highest BCUT2D eigenvalue weighted by Crippen LogP contribution is 2.40. The summed E-state index contributed by atoms with van der Waals surface area (Å²) in [4.78, 5) is 37.3. The molecule has 1 aromatic heterocycles. The van der Waals surface area contributed by atoms with Gasteiger partial charge in [0.05, 0.1) is 0 Å². The van der Waals surface area contributed by atoms with Gasteiger partial charge in [0, 0.05) is 42.9 Å². The largest absolute Gasteiger partial charge is 0.573 e. The molecular formula is C22H21F3N2O6. The predicted molar refractivity (Wildman–Crippen MR) is 109 cm³/mol. The Balaban J connectivity index is 1.60. The minimum absolute atomic E-state index is 0.0511. The predicted octanol–water partition coefficient (Wildman–Crippen LogP) is 2.46. The van der Waals surface area contributed by atoms with Gasteiger partial charge in [-0.25, -0.2) is 4.79 Å².